The molecule has 0 aromatic rings. The second-order valence-corrected chi connectivity index (χ2v) is 8.28. The smallest absolute Gasteiger partial charge is 0.225 e. The predicted octanol–water partition coefficient (Wildman–Crippen LogP) is 1.88. The summed E-state index contributed by atoms with van der Waals surface area (Å²) in [6, 6.07) is 0.222. The van der Waals surface area contributed by atoms with Gasteiger partial charge in [0.2, 0.25) is 5.91 Å². The van der Waals surface area contributed by atoms with Gasteiger partial charge in [0.05, 0.1) is 12.1 Å². The van der Waals surface area contributed by atoms with Crippen molar-refractivity contribution in [2.45, 2.75) is 69.9 Å². The number of carbonyl (C=O) groups is 1. The first kappa shape index (κ1) is 23.7. The standard InChI is InChI=1S/C20H36N4O3.HI/c1-2-21-19(22-15-20(26)9-12-27-13-10-20)23-17-8-11-24(14-17)18(25)16-6-4-3-5-7-16;/h16-17,26H,2-15H2,1H3,(H2,21,22,23);1H. The molecule has 3 rings (SSSR count). The molecule has 3 aliphatic rings. The van der Waals surface area contributed by atoms with E-state index in [2.05, 4.69) is 15.6 Å². The van der Waals surface area contributed by atoms with E-state index >= 15 is 0 Å². The number of ether oxygens (including phenoxy) is 1. The van der Waals surface area contributed by atoms with Gasteiger partial charge >= 0.3 is 0 Å². The Balaban J connectivity index is 0.00000280. The average molecular weight is 508 g/mol. The highest BCUT2D eigenvalue weighted by Crippen LogP contribution is 2.27. The zero-order valence-electron chi connectivity index (χ0n) is 17.1. The van der Waals surface area contributed by atoms with Crippen LogP contribution >= 0.6 is 24.0 Å². The summed E-state index contributed by atoms with van der Waals surface area (Å²) in [6.07, 6.45) is 7.97. The normalized spacial score (nSPS) is 25.9. The van der Waals surface area contributed by atoms with Crippen LogP contribution in [0.4, 0.5) is 0 Å². The molecule has 2 saturated heterocycles. The first-order valence-corrected chi connectivity index (χ1v) is 10.7. The molecule has 1 saturated carbocycles. The van der Waals surface area contributed by atoms with Crippen LogP contribution in [-0.2, 0) is 9.53 Å². The number of nitrogens with one attached hydrogen (secondary N) is 2. The Morgan fingerprint density at radius 2 is 1.93 bits per heavy atom. The maximum Gasteiger partial charge on any atom is 0.225 e. The number of halogens is 1. The van der Waals surface area contributed by atoms with Crippen molar-refractivity contribution >= 4 is 35.8 Å². The van der Waals surface area contributed by atoms with Crippen molar-refractivity contribution in [1.82, 2.24) is 15.5 Å². The first-order chi connectivity index (χ1) is 13.1. The summed E-state index contributed by atoms with van der Waals surface area (Å²) < 4.78 is 5.33. The molecule has 2 aliphatic heterocycles. The Labute approximate surface area is 186 Å². The van der Waals surface area contributed by atoms with E-state index in [0.717, 1.165) is 44.9 Å². The van der Waals surface area contributed by atoms with Gasteiger partial charge in [-0.3, -0.25) is 9.79 Å². The fourth-order valence-electron chi connectivity index (χ4n) is 4.34. The maximum atomic E-state index is 12.7. The Kier molecular flexibility index (Phi) is 9.76. The summed E-state index contributed by atoms with van der Waals surface area (Å²) in [6.45, 7) is 5.95. The SMILES string of the molecule is CCNC(=NCC1(O)CCOCC1)NC1CCN(C(=O)C2CCCCC2)C1.I. The van der Waals surface area contributed by atoms with Gasteiger partial charge in [-0.2, -0.15) is 0 Å². The van der Waals surface area contributed by atoms with Crippen LogP contribution in [0.5, 0.6) is 0 Å². The molecule has 3 fully saturated rings. The van der Waals surface area contributed by atoms with Gasteiger partial charge in [0.1, 0.15) is 0 Å². The highest BCUT2D eigenvalue weighted by molar-refractivity contribution is 14.0. The molecule has 0 bridgehead atoms. The second kappa shape index (κ2) is 11.5. The molecule has 2 heterocycles. The van der Waals surface area contributed by atoms with Gasteiger partial charge in [0.25, 0.3) is 0 Å². The van der Waals surface area contributed by atoms with E-state index in [1.54, 1.807) is 0 Å². The summed E-state index contributed by atoms with van der Waals surface area (Å²) in [5.41, 5.74) is -0.765. The number of likely N-dealkylation sites (tertiary alicyclic amines) is 1. The molecule has 162 valence electrons. The van der Waals surface area contributed by atoms with Gasteiger partial charge in [0.15, 0.2) is 5.96 Å². The number of hydrogen-bond acceptors (Lipinski definition) is 4. The second-order valence-electron chi connectivity index (χ2n) is 8.28. The fourth-order valence-corrected chi connectivity index (χ4v) is 4.34. The van der Waals surface area contributed by atoms with Gasteiger partial charge in [-0.1, -0.05) is 19.3 Å². The van der Waals surface area contributed by atoms with Crippen molar-refractivity contribution in [1.29, 1.82) is 0 Å². The van der Waals surface area contributed by atoms with E-state index in [1.807, 2.05) is 11.8 Å². The minimum atomic E-state index is -0.765. The summed E-state index contributed by atoms with van der Waals surface area (Å²) in [5.74, 6) is 1.31. The molecule has 0 spiro atoms. The topological polar surface area (TPSA) is 86.2 Å². The molecule has 0 aromatic carbocycles. The van der Waals surface area contributed by atoms with Crippen LogP contribution in [0.1, 0.15) is 58.3 Å². The largest absolute Gasteiger partial charge is 0.388 e. The van der Waals surface area contributed by atoms with Crippen LogP contribution in [0.2, 0.25) is 0 Å². The summed E-state index contributed by atoms with van der Waals surface area (Å²) in [5, 5.41) is 17.3. The lowest BCUT2D eigenvalue weighted by molar-refractivity contribution is -0.135. The average Bonchev–Trinajstić information content (AvgIpc) is 3.15. The maximum absolute atomic E-state index is 12.7. The molecule has 8 heteroatoms. The predicted molar refractivity (Wildman–Crippen MR) is 121 cm³/mol. The van der Waals surface area contributed by atoms with Crippen molar-refractivity contribution in [3.63, 3.8) is 0 Å². The minimum absolute atomic E-state index is 0. The number of aliphatic hydroxyl groups is 1. The number of nitrogens with zero attached hydrogens (tertiary/aromatic N) is 2. The third kappa shape index (κ3) is 6.73. The third-order valence-electron chi connectivity index (χ3n) is 6.09. The fraction of sp³-hybridized carbons (Fsp3) is 0.900. The molecular formula is C20H37IN4O3. The molecule has 1 amide bonds. The van der Waals surface area contributed by atoms with Crippen LogP contribution in [0.25, 0.3) is 0 Å². The van der Waals surface area contributed by atoms with E-state index in [-0.39, 0.29) is 35.9 Å². The van der Waals surface area contributed by atoms with Crippen molar-refractivity contribution in [3.8, 4) is 0 Å². The Bertz CT molecular complexity index is 520. The van der Waals surface area contributed by atoms with Crippen LogP contribution < -0.4 is 10.6 Å². The third-order valence-corrected chi connectivity index (χ3v) is 6.09. The highest BCUT2D eigenvalue weighted by Gasteiger charge is 2.32. The van der Waals surface area contributed by atoms with Gasteiger partial charge in [-0.15, -0.1) is 24.0 Å². The van der Waals surface area contributed by atoms with E-state index in [4.69, 9.17) is 4.74 Å². The van der Waals surface area contributed by atoms with Crippen LogP contribution in [0, 0.1) is 5.92 Å². The van der Waals surface area contributed by atoms with E-state index in [1.165, 1.54) is 19.3 Å². The minimum Gasteiger partial charge on any atom is -0.388 e. The molecular weight excluding hydrogens is 471 g/mol. The lowest BCUT2D eigenvalue weighted by atomic mass is 9.88. The summed E-state index contributed by atoms with van der Waals surface area (Å²) >= 11 is 0. The number of rotatable bonds is 5. The molecule has 1 aliphatic carbocycles. The number of guanidine groups is 1. The van der Waals surface area contributed by atoms with Crippen molar-refractivity contribution < 1.29 is 14.6 Å². The van der Waals surface area contributed by atoms with Crippen LogP contribution in [0.15, 0.2) is 4.99 Å². The molecule has 3 N–H and O–H groups in total. The monoisotopic (exact) mass is 508 g/mol. The van der Waals surface area contributed by atoms with Crippen molar-refractivity contribution in [3.05, 3.63) is 0 Å². The molecule has 28 heavy (non-hydrogen) atoms. The quantitative estimate of drug-likeness (QED) is 0.300. The van der Waals surface area contributed by atoms with Crippen molar-refractivity contribution in [2.75, 3.05) is 39.4 Å². The lowest BCUT2D eigenvalue weighted by Gasteiger charge is -2.31. The molecule has 7 nitrogen and oxygen atoms in total. The highest BCUT2D eigenvalue weighted by atomic mass is 127. The van der Waals surface area contributed by atoms with Crippen LogP contribution in [-0.4, -0.2) is 72.9 Å². The summed E-state index contributed by atoms with van der Waals surface area (Å²) in [4.78, 5) is 19.4. The molecule has 1 atom stereocenters. The Morgan fingerprint density at radius 3 is 2.61 bits per heavy atom. The van der Waals surface area contributed by atoms with Gasteiger partial charge < -0.3 is 25.4 Å². The molecule has 0 aromatic heterocycles. The number of aliphatic imine (C=N–C) groups is 1. The Morgan fingerprint density at radius 1 is 1.21 bits per heavy atom. The van der Waals surface area contributed by atoms with Crippen molar-refractivity contribution in [2.24, 2.45) is 10.9 Å². The zero-order valence-corrected chi connectivity index (χ0v) is 19.5. The summed E-state index contributed by atoms with van der Waals surface area (Å²) in [7, 11) is 0. The van der Waals surface area contributed by atoms with Crippen LogP contribution in [0.3, 0.4) is 0 Å². The van der Waals surface area contributed by atoms with E-state index < -0.39 is 5.60 Å². The lowest BCUT2D eigenvalue weighted by Crippen LogP contribution is -2.47. The zero-order chi connectivity index (χ0) is 19.1. The van der Waals surface area contributed by atoms with Gasteiger partial charge in [-0.25, -0.2) is 0 Å². The Hall–Kier alpha value is -0.610. The molecule has 1 unspecified atom stereocenters. The van der Waals surface area contributed by atoms with Gasteiger partial charge in [-0.05, 0) is 26.2 Å². The van der Waals surface area contributed by atoms with E-state index in [0.29, 0.717) is 38.5 Å². The van der Waals surface area contributed by atoms with E-state index in [9.17, 15) is 9.90 Å². The first-order valence-electron chi connectivity index (χ1n) is 10.7. The molecule has 0 radical (unpaired) electrons. The van der Waals surface area contributed by atoms with Gasteiger partial charge in [0, 0.05) is 57.6 Å². The number of hydrogen-bond donors (Lipinski definition) is 3. The number of carbonyl (C=O) groups excluding carboxylic acids is 1. The number of amides is 1.